The molecular formula is C15H24N4O2. The molecule has 0 radical (unpaired) electrons. The summed E-state index contributed by atoms with van der Waals surface area (Å²) in [5.41, 5.74) is 0.349. The zero-order chi connectivity index (χ0) is 15.1. The van der Waals surface area contributed by atoms with Gasteiger partial charge in [0.1, 0.15) is 17.6 Å². The molecule has 0 unspecified atom stereocenters. The SMILES string of the molecule is CCC(CC)Oc1nc(C=O)cc(NC2CCNCC2)n1. The summed E-state index contributed by atoms with van der Waals surface area (Å²) in [7, 11) is 0. The number of aromatic nitrogens is 2. The van der Waals surface area contributed by atoms with Crippen molar-refractivity contribution in [2.45, 2.75) is 51.7 Å². The van der Waals surface area contributed by atoms with Crippen LogP contribution >= 0.6 is 0 Å². The predicted octanol–water partition coefficient (Wildman–Crippen LogP) is 2.02. The fourth-order valence-electron chi connectivity index (χ4n) is 2.41. The summed E-state index contributed by atoms with van der Waals surface area (Å²) in [4.78, 5) is 19.6. The Morgan fingerprint density at radius 2 is 2.10 bits per heavy atom. The number of nitrogens with zero attached hydrogens (tertiary/aromatic N) is 2. The number of carbonyl (C=O) groups is 1. The molecule has 0 saturated carbocycles. The van der Waals surface area contributed by atoms with Gasteiger partial charge in [0.2, 0.25) is 0 Å². The first kappa shape index (κ1) is 15.7. The van der Waals surface area contributed by atoms with Crippen molar-refractivity contribution in [1.82, 2.24) is 15.3 Å². The molecule has 2 N–H and O–H groups in total. The summed E-state index contributed by atoms with van der Waals surface area (Å²) in [6, 6.07) is 2.33. The molecule has 1 aromatic heterocycles. The van der Waals surface area contributed by atoms with Crippen molar-refractivity contribution >= 4 is 12.1 Å². The summed E-state index contributed by atoms with van der Waals surface area (Å²) in [5, 5.41) is 6.70. The van der Waals surface area contributed by atoms with Gasteiger partial charge in [-0.25, -0.2) is 0 Å². The molecule has 0 aromatic carbocycles. The maximum Gasteiger partial charge on any atom is 0.319 e. The summed E-state index contributed by atoms with van der Waals surface area (Å²) in [6.45, 7) is 6.12. The smallest absolute Gasteiger partial charge is 0.319 e. The van der Waals surface area contributed by atoms with Gasteiger partial charge < -0.3 is 15.4 Å². The lowest BCUT2D eigenvalue weighted by molar-refractivity contribution is 0.111. The molecule has 1 aromatic rings. The Morgan fingerprint density at radius 1 is 1.38 bits per heavy atom. The highest BCUT2D eigenvalue weighted by atomic mass is 16.5. The third-order valence-corrected chi connectivity index (χ3v) is 3.72. The number of ether oxygens (including phenoxy) is 1. The molecule has 2 rings (SSSR count). The zero-order valence-corrected chi connectivity index (χ0v) is 12.8. The van der Waals surface area contributed by atoms with Crippen LogP contribution in [0.25, 0.3) is 0 Å². The van der Waals surface area contributed by atoms with Gasteiger partial charge in [0.15, 0.2) is 6.29 Å². The minimum Gasteiger partial charge on any atom is -0.460 e. The van der Waals surface area contributed by atoms with Crippen LogP contribution in [0.5, 0.6) is 6.01 Å². The second kappa shape index (κ2) is 7.93. The minimum atomic E-state index is 0.0821. The van der Waals surface area contributed by atoms with Gasteiger partial charge in [0.05, 0.1) is 0 Å². The number of anilines is 1. The summed E-state index contributed by atoms with van der Waals surface area (Å²) >= 11 is 0. The van der Waals surface area contributed by atoms with Crippen LogP contribution in [0.3, 0.4) is 0 Å². The van der Waals surface area contributed by atoms with Gasteiger partial charge in [0.25, 0.3) is 0 Å². The van der Waals surface area contributed by atoms with Crippen molar-refractivity contribution in [3.63, 3.8) is 0 Å². The van der Waals surface area contributed by atoms with Gasteiger partial charge in [-0.2, -0.15) is 9.97 Å². The van der Waals surface area contributed by atoms with Crippen LogP contribution in [-0.2, 0) is 0 Å². The molecule has 1 aliphatic heterocycles. The maximum absolute atomic E-state index is 11.0. The first-order chi connectivity index (χ1) is 10.2. The number of hydrogen-bond acceptors (Lipinski definition) is 6. The first-order valence-electron chi connectivity index (χ1n) is 7.73. The van der Waals surface area contributed by atoms with Gasteiger partial charge in [-0.05, 0) is 38.8 Å². The molecule has 0 bridgehead atoms. The van der Waals surface area contributed by atoms with Gasteiger partial charge in [0, 0.05) is 12.1 Å². The Bertz CT molecular complexity index is 457. The van der Waals surface area contributed by atoms with Crippen LogP contribution in [-0.4, -0.2) is 41.5 Å². The third kappa shape index (κ3) is 4.67. The van der Waals surface area contributed by atoms with Crippen LogP contribution in [0.2, 0.25) is 0 Å². The highest BCUT2D eigenvalue weighted by Crippen LogP contribution is 2.17. The lowest BCUT2D eigenvalue weighted by atomic mass is 10.1. The molecule has 1 saturated heterocycles. The average Bonchev–Trinajstić information content (AvgIpc) is 2.53. The number of aldehydes is 1. The Kier molecular flexibility index (Phi) is 5.92. The van der Waals surface area contributed by atoms with Crippen LogP contribution in [0, 0.1) is 0 Å². The standard InChI is InChI=1S/C15H24N4O2/c1-3-13(4-2)21-15-18-12(10-20)9-14(19-15)17-11-5-7-16-8-6-11/h9-11,13,16H,3-8H2,1-2H3,(H,17,18,19). The van der Waals surface area contributed by atoms with Crippen molar-refractivity contribution in [1.29, 1.82) is 0 Å². The molecule has 0 aliphatic carbocycles. The normalized spacial score (nSPS) is 16.0. The molecule has 6 nitrogen and oxygen atoms in total. The van der Waals surface area contributed by atoms with Crippen LogP contribution in [0.1, 0.15) is 50.0 Å². The summed E-state index contributed by atoms with van der Waals surface area (Å²) in [5.74, 6) is 0.667. The zero-order valence-electron chi connectivity index (χ0n) is 12.8. The van der Waals surface area contributed by atoms with Gasteiger partial charge >= 0.3 is 6.01 Å². The number of hydrogen-bond donors (Lipinski definition) is 2. The van der Waals surface area contributed by atoms with Crippen molar-refractivity contribution in [2.24, 2.45) is 0 Å². The van der Waals surface area contributed by atoms with E-state index < -0.39 is 0 Å². The van der Waals surface area contributed by atoms with E-state index in [0.717, 1.165) is 45.1 Å². The Balaban J connectivity index is 2.10. The van der Waals surface area contributed by atoms with Crippen molar-refractivity contribution < 1.29 is 9.53 Å². The second-order valence-corrected chi connectivity index (χ2v) is 5.30. The molecule has 1 aliphatic rings. The van der Waals surface area contributed by atoms with Gasteiger partial charge in [-0.1, -0.05) is 13.8 Å². The van der Waals surface area contributed by atoms with E-state index in [4.69, 9.17) is 4.74 Å². The van der Waals surface area contributed by atoms with E-state index >= 15 is 0 Å². The van der Waals surface area contributed by atoms with E-state index in [1.807, 2.05) is 0 Å². The molecule has 2 heterocycles. The summed E-state index contributed by atoms with van der Waals surface area (Å²) in [6.07, 6.45) is 4.69. The Morgan fingerprint density at radius 3 is 2.71 bits per heavy atom. The molecule has 0 amide bonds. The van der Waals surface area contributed by atoms with E-state index in [1.165, 1.54) is 0 Å². The van der Waals surface area contributed by atoms with E-state index in [1.54, 1.807) is 6.07 Å². The monoisotopic (exact) mass is 292 g/mol. The lowest BCUT2D eigenvalue weighted by Crippen LogP contribution is -2.35. The molecule has 21 heavy (non-hydrogen) atoms. The largest absolute Gasteiger partial charge is 0.460 e. The molecule has 0 spiro atoms. The van der Waals surface area contributed by atoms with E-state index in [9.17, 15) is 4.79 Å². The fourth-order valence-corrected chi connectivity index (χ4v) is 2.41. The van der Waals surface area contributed by atoms with E-state index in [0.29, 0.717) is 17.6 Å². The molecule has 1 fully saturated rings. The van der Waals surface area contributed by atoms with Crippen LogP contribution in [0.4, 0.5) is 5.82 Å². The maximum atomic E-state index is 11.0. The van der Waals surface area contributed by atoms with Crippen LogP contribution < -0.4 is 15.4 Å². The van der Waals surface area contributed by atoms with Crippen molar-refractivity contribution in [3.05, 3.63) is 11.8 Å². The van der Waals surface area contributed by atoms with Crippen molar-refractivity contribution in [3.8, 4) is 6.01 Å². The number of carbonyl (C=O) groups excluding carboxylic acids is 1. The van der Waals surface area contributed by atoms with Gasteiger partial charge in [-0.15, -0.1) is 0 Å². The molecule has 116 valence electrons. The minimum absolute atomic E-state index is 0.0821. The Hall–Kier alpha value is -1.69. The second-order valence-electron chi connectivity index (χ2n) is 5.30. The van der Waals surface area contributed by atoms with E-state index in [2.05, 4.69) is 34.4 Å². The highest BCUT2D eigenvalue weighted by Gasteiger charge is 2.15. The predicted molar refractivity (Wildman–Crippen MR) is 81.9 cm³/mol. The van der Waals surface area contributed by atoms with Gasteiger partial charge in [-0.3, -0.25) is 4.79 Å². The third-order valence-electron chi connectivity index (χ3n) is 3.72. The fraction of sp³-hybridized carbons (Fsp3) is 0.667. The number of rotatable bonds is 7. The highest BCUT2D eigenvalue weighted by molar-refractivity contribution is 5.73. The number of nitrogens with one attached hydrogen (secondary N) is 2. The van der Waals surface area contributed by atoms with Crippen LogP contribution in [0.15, 0.2) is 6.07 Å². The average molecular weight is 292 g/mol. The molecular weight excluding hydrogens is 268 g/mol. The quantitative estimate of drug-likeness (QED) is 0.749. The topological polar surface area (TPSA) is 76.1 Å². The molecule has 0 atom stereocenters. The summed E-state index contributed by atoms with van der Waals surface area (Å²) < 4.78 is 5.75. The lowest BCUT2D eigenvalue weighted by Gasteiger charge is -2.24. The van der Waals surface area contributed by atoms with Crippen molar-refractivity contribution in [2.75, 3.05) is 18.4 Å². The first-order valence-corrected chi connectivity index (χ1v) is 7.73. The Labute approximate surface area is 125 Å². The molecule has 6 heteroatoms. The number of piperidine rings is 1. The van der Waals surface area contributed by atoms with E-state index in [-0.39, 0.29) is 12.1 Å².